The van der Waals surface area contributed by atoms with Crippen molar-refractivity contribution >= 4 is 22.6 Å². The summed E-state index contributed by atoms with van der Waals surface area (Å²) in [6.07, 6.45) is 2.09. The second-order valence-electron chi connectivity index (χ2n) is 7.95. The van der Waals surface area contributed by atoms with Crippen molar-refractivity contribution in [3.05, 3.63) is 52.7 Å². The average Bonchev–Trinajstić information content (AvgIpc) is 3.40. The van der Waals surface area contributed by atoms with Crippen LogP contribution < -0.4 is 4.74 Å². The van der Waals surface area contributed by atoms with Crippen LogP contribution in [0, 0.1) is 0 Å². The molecule has 32 heavy (non-hydrogen) atoms. The monoisotopic (exact) mass is 437 g/mol. The molecule has 0 radical (unpaired) electrons. The highest BCUT2D eigenvalue weighted by Crippen LogP contribution is 2.32. The number of rotatable bonds is 9. The molecule has 168 valence electrons. The van der Waals surface area contributed by atoms with Gasteiger partial charge in [0, 0.05) is 38.1 Å². The van der Waals surface area contributed by atoms with Gasteiger partial charge in [-0.25, -0.2) is 0 Å². The van der Waals surface area contributed by atoms with Gasteiger partial charge < -0.3 is 19.5 Å². The third kappa shape index (κ3) is 4.31. The molecule has 2 N–H and O–H groups in total. The zero-order valence-electron chi connectivity index (χ0n) is 18.3. The Balaban J connectivity index is 1.55. The highest BCUT2D eigenvalue weighted by atomic mass is 16.5. The van der Waals surface area contributed by atoms with Crippen LogP contribution in [0.3, 0.4) is 0 Å². The summed E-state index contributed by atoms with van der Waals surface area (Å²) in [5, 5.41) is 18.0. The summed E-state index contributed by atoms with van der Waals surface area (Å²) in [5.74, 6) is 0.221. The van der Waals surface area contributed by atoms with E-state index in [1.54, 1.807) is 18.1 Å². The van der Waals surface area contributed by atoms with Crippen LogP contribution in [-0.4, -0.2) is 52.2 Å². The molecule has 1 amide bonds. The Bertz CT molecular complexity index is 1150. The second-order valence-corrected chi connectivity index (χ2v) is 7.95. The Hall–Kier alpha value is -3.39. The number of ether oxygens (including phenoxy) is 2. The lowest BCUT2D eigenvalue weighted by molar-refractivity contribution is 0.0748. The van der Waals surface area contributed by atoms with Crippen molar-refractivity contribution in [2.75, 3.05) is 20.3 Å². The first-order chi connectivity index (χ1) is 15.5. The fourth-order valence-corrected chi connectivity index (χ4v) is 3.91. The van der Waals surface area contributed by atoms with Crippen LogP contribution >= 0.6 is 0 Å². The zero-order chi connectivity index (χ0) is 22.7. The van der Waals surface area contributed by atoms with Crippen LogP contribution in [0.1, 0.15) is 58.2 Å². The first kappa shape index (κ1) is 21.8. The van der Waals surface area contributed by atoms with E-state index >= 15 is 0 Å². The number of benzene rings is 2. The van der Waals surface area contributed by atoms with Crippen LogP contribution in [-0.2, 0) is 17.8 Å². The van der Waals surface area contributed by atoms with Gasteiger partial charge in [0.2, 0.25) is 0 Å². The van der Waals surface area contributed by atoms with E-state index in [0.29, 0.717) is 49.3 Å². The molecule has 3 aromatic rings. The number of hydrogen-bond donors (Lipinski definition) is 2. The summed E-state index contributed by atoms with van der Waals surface area (Å²) in [6.45, 7) is 3.84. The zero-order valence-corrected chi connectivity index (χ0v) is 18.3. The molecule has 1 aliphatic rings. The number of carbonyl (C=O) groups is 2. The van der Waals surface area contributed by atoms with Crippen molar-refractivity contribution in [3.8, 4) is 11.5 Å². The predicted molar refractivity (Wildman–Crippen MR) is 119 cm³/mol. The summed E-state index contributed by atoms with van der Waals surface area (Å²) in [6, 6.07) is 8.79. The maximum absolute atomic E-state index is 13.3. The van der Waals surface area contributed by atoms with Crippen molar-refractivity contribution < 1.29 is 24.2 Å². The van der Waals surface area contributed by atoms with E-state index in [2.05, 4.69) is 10.2 Å². The topological polar surface area (TPSA) is 105 Å². The standard InChI is InChI=1S/C24H27N3O5/c1-3-4-5-21(28)23-18-11-19(22(29)12-20(18)25-26-23)24(30)27-13-15-6-7-17(10-16(15)14-27)32-9-8-31-2/h6-7,10-12,29H,3-5,8-9,13-14H2,1-2H3,(H,25,26). The van der Waals surface area contributed by atoms with E-state index < -0.39 is 0 Å². The van der Waals surface area contributed by atoms with Crippen LogP contribution in [0.4, 0.5) is 0 Å². The number of hydrogen-bond acceptors (Lipinski definition) is 6. The van der Waals surface area contributed by atoms with E-state index in [1.807, 2.05) is 25.1 Å². The molecule has 4 rings (SSSR count). The quantitative estimate of drug-likeness (QED) is 0.389. The summed E-state index contributed by atoms with van der Waals surface area (Å²) >= 11 is 0. The molecule has 2 heterocycles. The van der Waals surface area contributed by atoms with Gasteiger partial charge in [-0.05, 0) is 35.7 Å². The fraction of sp³-hybridized carbons (Fsp3) is 0.375. The summed E-state index contributed by atoms with van der Waals surface area (Å²) in [4.78, 5) is 27.4. The van der Waals surface area contributed by atoms with Gasteiger partial charge in [0.05, 0.1) is 17.7 Å². The molecule has 8 heteroatoms. The number of phenolic OH excluding ortho intramolecular Hbond substituents is 1. The number of aromatic hydroxyl groups is 1. The molecule has 1 aromatic heterocycles. The molecule has 0 aliphatic carbocycles. The smallest absolute Gasteiger partial charge is 0.258 e. The van der Waals surface area contributed by atoms with Gasteiger partial charge in [-0.3, -0.25) is 14.7 Å². The Morgan fingerprint density at radius 2 is 1.97 bits per heavy atom. The number of Topliss-reactive ketones (excluding diaryl/α,β-unsaturated/α-hetero) is 1. The summed E-state index contributed by atoms with van der Waals surface area (Å²) < 4.78 is 10.7. The minimum Gasteiger partial charge on any atom is -0.507 e. The molecule has 2 aromatic carbocycles. The number of phenols is 1. The lowest BCUT2D eigenvalue weighted by Gasteiger charge is -2.16. The molecule has 8 nitrogen and oxygen atoms in total. The molecule has 0 saturated heterocycles. The molecular formula is C24H27N3O5. The number of aromatic amines is 1. The van der Waals surface area contributed by atoms with Crippen molar-refractivity contribution in [1.29, 1.82) is 0 Å². The van der Waals surface area contributed by atoms with Crippen LogP contribution in [0.5, 0.6) is 11.5 Å². The Morgan fingerprint density at radius 1 is 1.16 bits per heavy atom. The molecule has 1 aliphatic heterocycles. The number of H-pyrrole nitrogens is 1. The number of carbonyl (C=O) groups excluding carboxylic acids is 2. The second kappa shape index (κ2) is 9.40. The molecule has 0 saturated carbocycles. The molecular weight excluding hydrogens is 410 g/mol. The molecule has 0 spiro atoms. The van der Waals surface area contributed by atoms with Crippen molar-refractivity contribution in [1.82, 2.24) is 15.1 Å². The lowest BCUT2D eigenvalue weighted by Crippen LogP contribution is -2.25. The van der Waals surface area contributed by atoms with E-state index in [1.165, 1.54) is 6.07 Å². The number of nitrogens with zero attached hydrogens (tertiary/aromatic N) is 2. The Labute approximate surface area is 186 Å². The SMILES string of the molecule is CCCCC(=O)c1n[nH]c2cc(O)c(C(=O)N3Cc4ccc(OCCOC)cc4C3)cc12. The van der Waals surface area contributed by atoms with E-state index in [0.717, 1.165) is 29.7 Å². The van der Waals surface area contributed by atoms with Gasteiger partial charge in [-0.15, -0.1) is 0 Å². The molecule has 0 atom stereocenters. The van der Waals surface area contributed by atoms with E-state index in [4.69, 9.17) is 9.47 Å². The number of fused-ring (bicyclic) bond motifs is 2. The first-order valence-corrected chi connectivity index (χ1v) is 10.8. The normalized spacial score (nSPS) is 12.9. The van der Waals surface area contributed by atoms with Gasteiger partial charge in [0.15, 0.2) is 5.78 Å². The van der Waals surface area contributed by atoms with E-state index in [-0.39, 0.29) is 23.0 Å². The highest BCUT2D eigenvalue weighted by Gasteiger charge is 2.27. The summed E-state index contributed by atoms with van der Waals surface area (Å²) in [7, 11) is 1.62. The maximum atomic E-state index is 13.3. The Kier molecular flexibility index (Phi) is 6.41. The fourth-order valence-electron chi connectivity index (χ4n) is 3.91. The van der Waals surface area contributed by atoms with Crippen molar-refractivity contribution in [3.63, 3.8) is 0 Å². The predicted octanol–water partition coefficient (Wildman–Crippen LogP) is 3.82. The van der Waals surface area contributed by atoms with Crippen molar-refractivity contribution in [2.24, 2.45) is 0 Å². The van der Waals surface area contributed by atoms with Gasteiger partial charge in [-0.1, -0.05) is 19.4 Å². The van der Waals surface area contributed by atoms with Crippen LogP contribution in [0.2, 0.25) is 0 Å². The van der Waals surface area contributed by atoms with Gasteiger partial charge in [0.1, 0.15) is 23.8 Å². The minimum absolute atomic E-state index is 0.0724. The number of unbranched alkanes of at least 4 members (excludes halogenated alkanes) is 1. The number of methoxy groups -OCH3 is 1. The number of aromatic nitrogens is 2. The van der Waals surface area contributed by atoms with Gasteiger partial charge in [0.25, 0.3) is 5.91 Å². The molecule has 0 bridgehead atoms. The van der Waals surface area contributed by atoms with Gasteiger partial charge >= 0.3 is 0 Å². The molecule has 0 fully saturated rings. The molecule has 0 unspecified atom stereocenters. The van der Waals surface area contributed by atoms with Crippen LogP contribution in [0.15, 0.2) is 30.3 Å². The summed E-state index contributed by atoms with van der Waals surface area (Å²) in [5.41, 5.74) is 3.05. The number of ketones is 1. The minimum atomic E-state index is -0.296. The van der Waals surface area contributed by atoms with Gasteiger partial charge in [-0.2, -0.15) is 5.10 Å². The average molecular weight is 437 g/mol. The highest BCUT2D eigenvalue weighted by molar-refractivity contribution is 6.09. The Morgan fingerprint density at radius 3 is 2.75 bits per heavy atom. The lowest BCUT2D eigenvalue weighted by atomic mass is 10.0. The first-order valence-electron chi connectivity index (χ1n) is 10.8. The number of nitrogens with one attached hydrogen (secondary N) is 1. The van der Waals surface area contributed by atoms with E-state index in [9.17, 15) is 14.7 Å². The third-order valence-corrected chi connectivity index (χ3v) is 5.67. The third-order valence-electron chi connectivity index (χ3n) is 5.67. The largest absolute Gasteiger partial charge is 0.507 e. The van der Waals surface area contributed by atoms with Crippen molar-refractivity contribution in [2.45, 2.75) is 39.3 Å². The maximum Gasteiger partial charge on any atom is 0.258 e. The number of amides is 1. The van der Waals surface area contributed by atoms with Crippen LogP contribution in [0.25, 0.3) is 10.9 Å².